The van der Waals surface area contributed by atoms with Gasteiger partial charge in [-0.1, -0.05) is 6.07 Å². The maximum Gasteiger partial charge on any atom is 0.276 e. The van der Waals surface area contributed by atoms with Crippen molar-refractivity contribution in [2.45, 2.75) is 20.4 Å². The number of ether oxygens (including phenoxy) is 1. The van der Waals surface area contributed by atoms with Gasteiger partial charge in [-0.2, -0.15) is 10.2 Å². The number of anilines is 1. The molecular weight excluding hydrogens is 436 g/mol. The number of carbonyl (C=O) groups is 1. The van der Waals surface area contributed by atoms with Crippen LogP contribution in [-0.2, 0) is 6.54 Å². The van der Waals surface area contributed by atoms with E-state index in [4.69, 9.17) is 4.74 Å². The van der Waals surface area contributed by atoms with Crippen LogP contribution in [0.4, 0.5) is 5.69 Å². The van der Waals surface area contributed by atoms with Gasteiger partial charge in [0, 0.05) is 25.0 Å². The van der Waals surface area contributed by atoms with Crippen molar-refractivity contribution < 1.29 is 9.53 Å². The number of benzene rings is 1. The number of nitrogens with zero attached hydrogens (tertiary/aromatic N) is 5. The minimum absolute atomic E-state index is 0.250. The van der Waals surface area contributed by atoms with Crippen molar-refractivity contribution in [2.24, 2.45) is 0 Å². The van der Waals surface area contributed by atoms with Crippen LogP contribution in [0.25, 0.3) is 17.0 Å². The molecule has 9 heteroatoms. The normalized spacial score (nSPS) is 11.0. The smallest absolute Gasteiger partial charge is 0.276 e. The van der Waals surface area contributed by atoms with Gasteiger partial charge in [-0.25, -0.2) is 9.50 Å². The Bertz CT molecular complexity index is 1210. The SMILES string of the molecule is CCn1cc(Br)c(-c2ccnc3cc(C(=O)Nc4cc(C)ccc4OC)nn23)n1. The molecule has 4 aromatic rings. The minimum Gasteiger partial charge on any atom is -0.495 e. The molecule has 0 unspecified atom stereocenters. The van der Waals surface area contributed by atoms with Gasteiger partial charge in [-0.05, 0) is 53.5 Å². The predicted molar refractivity (Wildman–Crippen MR) is 113 cm³/mol. The summed E-state index contributed by atoms with van der Waals surface area (Å²) < 4.78 is 9.62. The first-order valence-corrected chi connectivity index (χ1v) is 9.83. The summed E-state index contributed by atoms with van der Waals surface area (Å²) in [5.74, 6) is 0.240. The van der Waals surface area contributed by atoms with Crippen LogP contribution in [0.3, 0.4) is 0 Å². The van der Waals surface area contributed by atoms with Crippen LogP contribution in [0.1, 0.15) is 23.0 Å². The lowest BCUT2D eigenvalue weighted by Crippen LogP contribution is -2.13. The topological polar surface area (TPSA) is 86.3 Å². The van der Waals surface area contributed by atoms with Crippen LogP contribution in [0, 0.1) is 6.92 Å². The quantitative estimate of drug-likeness (QED) is 0.493. The van der Waals surface area contributed by atoms with E-state index >= 15 is 0 Å². The standard InChI is InChI=1S/C20H19BrN6O2/c1-4-26-11-13(21)19(25-26)16-7-8-22-18-10-15(24-27(16)18)20(28)23-14-9-12(2)5-6-17(14)29-3/h5-11H,4H2,1-3H3,(H,23,28). The summed E-state index contributed by atoms with van der Waals surface area (Å²) in [6.45, 7) is 4.71. The summed E-state index contributed by atoms with van der Waals surface area (Å²) in [4.78, 5) is 17.2. The highest BCUT2D eigenvalue weighted by atomic mass is 79.9. The van der Waals surface area contributed by atoms with Gasteiger partial charge in [0.1, 0.15) is 11.4 Å². The summed E-state index contributed by atoms with van der Waals surface area (Å²) in [6, 6.07) is 9.05. The van der Waals surface area contributed by atoms with Gasteiger partial charge < -0.3 is 10.1 Å². The second-order valence-electron chi connectivity index (χ2n) is 6.47. The molecule has 1 amide bonds. The van der Waals surface area contributed by atoms with Crippen LogP contribution < -0.4 is 10.1 Å². The molecule has 0 fully saturated rings. The largest absolute Gasteiger partial charge is 0.495 e. The molecule has 1 N–H and O–H groups in total. The lowest BCUT2D eigenvalue weighted by Gasteiger charge is -2.09. The third-order valence-corrected chi connectivity index (χ3v) is 5.06. The van der Waals surface area contributed by atoms with E-state index in [0.29, 0.717) is 17.1 Å². The molecule has 0 aliphatic heterocycles. The minimum atomic E-state index is -0.344. The number of methoxy groups -OCH3 is 1. The van der Waals surface area contributed by atoms with Crippen LogP contribution in [0.5, 0.6) is 5.75 Å². The van der Waals surface area contributed by atoms with Gasteiger partial charge in [0.25, 0.3) is 5.91 Å². The maximum atomic E-state index is 12.8. The van der Waals surface area contributed by atoms with E-state index in [1.165, 1.54) is 0 Å². The van der Waals surface area contributed by atoms with Crippen molar-refractivity contribution in [3.8, 4) is 17.1 Å². The fourth-order valence-electron chi connectivity index (χ4n) is 3.02. The van der Waals surface area contributed by atoms with E-state index in [2.05, 4.69) is 36.4 Å². The van der Waals surface area contributed by atoms with Gasteiger partial charge in [0.2, 0.25) is 0 Å². The molecule has 29 heavy (non-hydrogen) atoms. The Hall–Kier alpha value is -3.20. The molecule has 8 nitrogen and oxygen atoms in total. The van der Waals surface area contributed by atoms with Crippen molar-refractivity contribution in [3.63, 3.8) is 0 Å². The molecule has 0 saturated carbocycles. The number of halogens is 1. The predicted octanol–water partition coefficient (Wildman–Crippen LogP) is 3.94. The highest BCUT2D eigenvalue weighted by Gasteiger charge is 2.18. The highest BCUT2D eigenvalue weighted by Crippen LogP contribution is 2.28. The van der Waals surface area contributed by atoms with Gasteiger partial charge in [0.15, 0.2) is 11.3 Å². The Kier molecular flexibility index (Phi) is 5.06. The number of aryl methyl sites for hydroxylation is 2. The maximum absolute atomic E-state index is 12.8. The molecule has 0 aliphatic carbocycles. The van der Waals surface area contributed by atoms with Crippen molar-refractivity contribution >= 4 is 33.2 Å². The molecule has 0 saturated heterocycles. The molecule has 4 rings (SSSR count). The van der Waals surface area contributed by atoms with Crippen LogP contribution in [0.2, 0.25) is 0 Å². The second-order valence-corrected chi connectivity index (χ2v) is 7.32. The summed E-state index contributed by atoms with van der Waals surface area (Å²) in [5.41, 5.74) is 3.88. The molecule has 0 radical (unpaired) electrons. The van der Waals surface area contributed by atoms with Crippen molar-refractivity contribution in [3.05, 3.63) is 58.5 Å². The number of carbonyl (C=O) groups excluding carboxylic acids is 1. The molecule has 0 spiro atoms. The monoisotopic (exact) mass is 454 g/mol. The van der Waals surface area contributed by atoms with Crippen molar-refractivity contribution in [1.29, 1.82) is 0 Å². The lowest BCUT2D eigenvalue weighted by molar-refractivity contribution is 0.102. The van der Waals surface area contributed by atoms with E-state index in [0.717, 1.165) is 28.0 Å². The third kappa shape index (κ3) is 3.61. The van der Waals surface area contributed by atoms with Gasteiger partial charge in [0.05, 0.1) is 23.0 Å². The first-order valence-electron chi connectivity index (χ1n) is 9.04. The zero-order valence-corrected chi connectivity index (χ0v) is 17.8. The number of fused-ring (bicyclic) bond motifs is 1. The number of hydrogen-bond donors (Lipinski definition) is 1. The third-order valence-electron chi connectivity index (χ3n) is 4.48. The van der Waals surface area contributed by atoms with Crippen molar-refractivity contribution in [2.75, 3.05) is 12.4 Å². The fourth-order valence-corrected chi connectivity index (χ4v) is 3.54. The Morgan fingerprint density at radius 1 is 1.24 bits per heavy atom. The molecule has 0 atom stereocenters. The van der Waals surface area contributed by atoms with Crippen LogP contribution >= 0.6 is 15.9 Å². The highest BCUT2D eigenvalue weighted by molar-refractivity contribution is 9.10. The first-order chi connectivity index (χ1) is 14.0. The average Bonchev–Trinajstić information content (AvgIpc) is 3.31. The summed E-state index contributed by atoms with van der Waals surface area (Å²) in [7, 11) is 1.56. The van der Waals surface area contributed by atoms with Gasteiger partial charge >= 0.3 is 0 Å². The number of nitrogens with one attached hydrogen (secondary N) is 1. The fraction of sp³-hybridized carbons (Fsp3) is 0.200. The Labute approximate surface area is 175 Å². The molecule has 1 aromatic carbocycles. The van der Waals surface area contributed by atoms with E-state index in [1.54, 1.807) is 23.9 Å². The lowest BCUT2D eigenvalue weighted by atomic mass is 10.2. The number of amides is 1. The first kappa shape index (κ1) is 19.1. The van der Waals surface area contributed by atoms with Crippen LogP contribution in [0.15, 0.2) is 47.2 Å². The van der Waals surface area contributed by atoms with Gasteiger partial charge in [-0.3, -0.25) is 9.48 Å². The summed E-state index contributed by atoms with van der Waals surface area (Å²) >= 11 is 3.54. The van der Waals surface area contributed by atoms with E-state index in [9.17, 15) is 4.79 Å². The zero-order valence-electron chi connectivity index (χ0n) is 16.2. The number of aromatic nitrogens is 5. The Morgan fingerprint density at radius 2 is 2.07 bits per heavy atom. The molecule has 3 heterocycles. The molecule has 0 aliphatic rings. The second kappa shape index (κ2) is 7.67. The number of rotatable bonds is 5. The number of hydrogen-bond acceptors (Lipinski definition) is 5. The summed E-state index contributed by atoms with van der Waals surface area (Å²) in [5, 5.41) is 11.9. The zero-order chi connectivity index (χ0) is 20.5. The van der Waals surface area contributed by atoms with E-state index in [-0.39, 0.29) is 11.6 Å². The Morgan fingerprint density at radius 3 is 2.79 bits per heavy atom. The Balaban J connectivity index is 1.72. The molecule has 148 valence electrons. The van der Waals surface area contributed by atoms with Crippen LogP contribution in [-0.4, -0.2) is 37.4 Å². The van der Waals surface area contributed by atoms with E-state index < -0.39 is 0 Å². The van der Waals surface area contributed by atoms with Gasteiger partial charge in [-0.15, -0.1) is 0 Å². The molecule has 0 bridgehead atoms. The van der Waals surface area contributed by atoms with Crippen molar-refractivity contribution in [1.82, 2.24) is 24.4 Å². The molecule has 3 aromatic heterocycles. The van der Waals surface area contributed by atoms with E-state index in [1.807, 2.05) is 49.0 Å². The summed E-state index contributed by atoms with van der Waals surface area (Å²) in [6.07, 6.45) is 3.58. The average molecular weight is 455 g/mol. The molecular formula is C20H19BrN6O2.